The molecule has 21 heavy (non-hydrogen) atoms. The van der Waals surface area contributed by atoms with Crippen LogP contribution in [0.5, 0.6) is 0 Å². The first-order valence-electron chi connectivity index (χ1n) is 7.88. The maximum absolute atomic E-state index is 11.1. The molecule has 3 rings (SSSR count). The highest BCUT2D eigenvalue weighted by molar-refractivity contribution is 5.82. The van der Waals surface area contributed by atoms with Crippen molar-refractivity contribution >= 4 is 10.9 Å². The summed E-state index contributed by atoms with van der Waals surface area (Å²) in [6, 6.07) is 9.95. The monoisotopic (exact) mass is 284 g/mol. The van der Waals surface area contributed by atoms with Crippen LogP contribution in [0.1, 0.15) is 44.3 Å². The SMILES string of the molecule is CC1CCC(CN)(C(O)c2ccnc3ccccc23)CC1. The maximum Gasteiger partial charge on any atom is 0.0865 e. The number of para-hydroxylation sites is 1. The number of hydrogen-bond acceptors (Lipinski definition) is 3. The molecule has 0 aliphatic heterocycles. The Labute approximate surface area is 126 Å². The molecule has 2 aromatic rings. The largest absolute Gasteiger partial charge is 0.388 e. The van der Waals surface area contributed by atoms with Gasteiger partial charge in [0, 0.05) is 23.5 Å². The van der Waals surface area contributed by atoms with E-state index in [1.54, 1.807) is 6.20 Å². The van der Waals surface area contributed by atoms with Gasteiger partial charge in [-0.2, -0.15) is 0 Å². The Balaban J connectivity index is 2.01. The molecule has 3 nitrogen and oxygen atoms in total. The van der Waals surface area contributed by atoms with E-state index in [1.165, 1.54) is 0 Å². The summed E-state index contributed by atoms with van der Waals surface area (Å²) in [6.45, 7) is 2.83. The van der Waals surface area contributed by atoms with Crippen LogP contribution < -0.4 is 5.73 Å². The first-order valence-corrected chi connectivity index (χ1v) is 7.88. The van der Waals surface area contributed by atoms with Crippen molar-refractivity contribution in [1.29, 1.82) is 0 Å². The van der Waals surface area contributed by atoms with Crippen LogP contribution in [-0.2, 0) is 0 Å². The highest BCUT2D eigenvalue weighted by atomic mass is 16.3. The minimum atomic E-state index is -0.511. The fourth-order valence-corrected chi connectivity index (χ4v) is 3.61. The van der Waals surface area contributed by atoms with Crippen molar-refractivity contribution in [3.05, 3.63) is 42.1 Å². The van der Waals surface area contributed by atoms with Gasteiger partial charge in [-0.25, -0.2) is 0 Å². The van der Waals surface area contributed by atoms with Crippen LogP contribution in [0.4, 0.5) is 0 Å². The van der Waals surface area contributed by atoms with Gasteiger partial charge in [0.05, 0.1) is 11.6 Å². The van der Waals surface area contributed by atoms with Crippen LogP contribution in [-0.4, -0.2) is 16.6 Å². The molecule has 1 heterocycles. The van der Waals surface area contributed by atoms with Crippen molar-refractivity contribution in [2.45, 2.75) is 38.7 Å². The summed E-state index contributed by atoms with van der Waals surface area (Å²) in [6.07, 6.45) is 5.58. The number of aromatic nitrogens is 1. The third kappa shape index (κ3) is 2.56. The highest BCUT2D eigenvalue weighted by Crippen LogP contribution is 2.47. The summed E-state index contributed by atoms with van der Waals surface area (Å²) in [7, 11) is 0. The van der Waals surface area contributed by atoms with Gasteiger partial charge in [-0.3, -0.25) is 4.98 Å². The van der Waals surface area contributed by atoms with Gasteiger partial charge < -0.3 is 10.8 Å². The van der Waals surface area contributed by atoms with E-state index in [-0.39, 0.29) is 5.41 Å². The standard InChI is InChI=1S/C18H24N2O/c1-13-6-9-18(12-19,10-7-13)17(21)15-8-11-20-16-5-3-2-4-14(15)16/h2-5,8,11,13,17,21H,6-7,9-10,12,19H2,1H3. The van der Waals surface area contributed by atoms with Gasteiger partial charge in [-0.05, 0) is 36.5 Å². The maximum atomic E-state index is 11.1. The van der Waals surface area contributed by atoms with Crippen molar-refractivity contribution in [2.75, 3.05) is 6.54 Å². The molecular weight excluding hydrogens is 260 g/mol. The van der Waals surface area contributed by atoms with Gasteiger partial charge >= 0.3 is 0 Å². The Morgan fingerprint density at radius 2 is 2.00 bits per heavy atom. The molecule has 1 atom stereocenters. The van der Waals surface area contributed by atoms with Gasteiger partial charge in [-0.1, -0.05) is 38.0 Å². The number of nitrogens with zero attached hydrogens (tertiary/aromatic N) is 1. The number of benzene rings is 1. The van der Waals surface area contributed by atoms with Crippen molar-refractivity contribution < 1.29 is 5.11 Å². The van der Waals surface area contributed by atoms with E-state index in [0.717, 1.165) is 48.1 Å². The number of nitrogens with two attached hydrogens (primary N) is 1. The van der Waals surface area contributed by atoms with E-state index >= 15 is 0 Å². The number of aliphatic hydroxyl groups excluding tert-OH is 1. The number of pyridine rings is 1. The van der Waals surface area contributed by atoms with Gasteiger partial charge in [-0.15, -0.1) is 0 Å². The smallest absolute Gasteiger partial charge is 0.0865 e. The van der Waals surface area contributed by atoms with E-state index in [4.69, 9.17) is 5.73 Å². The fourth-order valence-electron chi connectivity index (χ4n) is 3.61. The minimum absolute atomic E-state index is 0.184. The number of aliphatic hydroxyl groups is 1. The van der Waals surface area contributed by atoms with E-state index < -0.39 is 6.10 Å². The van der Waals surface area contributed by atoms with Gasteiger partial charge in [0.2, 0.25) is 0 Å². The van der Waals surface area contributed by atoms with Crippen LogP contribution >= 0.6 is 0 Å². The molecule has 0 amide bonds. The molecule has 0 bridgehead atoms. The molecule has 0 saturated heterocycles. The Hall–Kier alpha value is -1.45. The lowest BCUT2D eigenvalue weighted by molar-refractivity contribution is -0.00729. The normalized spacial score (nSPS) is 27.7. The molecule has 1 unspecified atom stereocenters. The molecule has 1 aromatic heterocycles. The quantitative estimate of drug-likeness (QED) is 0.908. The summed E-state index contributed by atoms with van der Waals surface area (Å²) < 4.78 is 0. The zero-order chi connectivity index (χ0) is 14.9. The van der Waals surface area contributed by atoms with Crippen molar-refractivity contribution in [3.63, 3.8) is 0 Å². The molecule has 3 heteroatoms. The van der Waals surface area contributed by atoms with E-state index in [1.807, 2.05) is 30.3 Å². The van der Waals surface area contributed by atoms with Crippen molar-refractivity contribution in [3.8, 4) is 0 Å². The second-order valence-electron chi connectivity index (χ2n) is 6.57. The van der Waals surface area contributed by atoms with E-state index in [0.29, 0.717) is 6.54 Å². The second kappa shape index (κ2) is 5.74. The molecular formula is C18H24N2O. The van der Waals surface area contributed by atoms with Gasteiger partial charge in [0.25, 0.3) is 0 Å². The molecule has 112 valence electrons. The lowest BCUT2D eigenvalue weighted by Gasteiger charge is -2.42. The second-order valence-corrected chi connectivity index (χ2v) is 6.57. The minimum Gasteiger partial charge on any atom is -0.388 e. The Morgan fingerprint density at radius 3 is 2.71 bits per heavy atom. The van der Waals surface area contributed by atoms with Crippen LogP contribution in [0, 0.1) is 11.3 Å². The van der Waals surface area contributed by atoms with Crippen LogP contribution in [0.3, 0.4) is 0 Å². The summed E-state index contributed by atoms with van der Waals surface area (Å²) >= 11 is 0. The third-order valence-electron chi connectivity index (χ3n) is 5.23. The summed E-state index contributed by atoms with van der Waals surface area (Å²) in [5.74, 6) is 0.742. The molecule has 1 aromatic carbocycles. The zero-order valence-electron chi connectivity index (χ0n) is 12.6. The lowest BCUT2D eigenvalue weighted by Crippen LogP contribution is -2.40. The average Bonchev–Trinajstić information content (AvgIpc) is 2.55. The Morgan fingerprint density at radius 1 is 1.29 bits per heavy atom. The topological polar surface area (TPSA) is 59.1 Å². The Kier molecular flexibility index (Phi) is 3.96. The molecule has 0 radical (unpaired) electrons. The predicted octanol–water partition coefficient (Wildman–Crippen LogP) is 3.42. The summed E-state index contributed by atoms with van der Waals surface area (Å²) in [5, 5.41) is 12.1. The molecule has 1 fully saturated rings. The predicted molar refractivity (Wildman–Crippen MR) is 85.8 cm³/mol. The zero-order valence-corrected chi connectivity index (χ0v) is 12.6. The molecule has 3 N–H and O–H groups in total. The number of rotatable bonds is 3. The summed E-state index contributed by atoms with van der Waals surface area (Å²) in [4.78, 5) is 4.39. The van der Waals surface area contributed by atoms with E-state index in [9.17, 15) is 5.11 Å². The number of hydrogen-bond donors (Lipinski definition) is 2. The van der Waals surface area contributed by atoms with Gasteiger partial charge in [0.15, 0.2) is 0 Å². The molecule has 0 spiro atoms. The lowest BCUT2D eigenvalue weighted by atomic mass is 9.66. The number of fused-ring (bicyclic) bond motifs is 1. The van der Waals surface area contributed by atoms with Crippen molar-refractivity contribution in [2.24, 2.45) is 17.1 Å². The molecule has 1 aliphatic carbocycles. The van der Waals surface area contributed by atoms with E-state index in [2.05, 4.69) is 11.9 Å². The highest BCUT2D eigenvalue weighted by Gasteiger charge is 2.40. The molecule has 1 aliphatic rings. The fraction of sp³-hybridized carbons (Fsp3) is 0.500. The first kappa shape index (κ1) is 14.5. The average molecular weight is 284 g/mol. The third-order valence-corrected chi connectivity index (χ3v) is 5.23. The van der Waals surface area contributed by atoms with Crippen LogP contribution in [0.15, 0.2) is 36.5 Å². The molecule has 1 saturated carbocycles. The van der Waals surface area contributed by atoms with Crippen LogP contribution in [0.2, 0.25) is 0 Å². The van der Waals surface area contributed by atoms with Crippen molar-refractivity contribution in [1.82, 2.24) is 4.98 Å². The van der Waals surface area contributed by atoms with Gasteiger partial charge in [0.1, 0.15) is 0 Å². The Bertz CT molecular complexity index is 612. The summed E-state index contributed by atoms with van der Waals surface area (Å²) in [5.41, 5.74) is 7.81. The first-order chi connectivity index (χ1) is 10.2. The van der Waals surface area contributed by atoms with Crippen LogP contribution in [0.25, 0.3) is 10.9 Å².